The Morgan fingerprint density at radius 1 is 1.25 bits per heavy atom. The summed E-state index contributed by atoms with van der Waals surface area (Å²) in [6.45, 7) is 11.1. The van der Waals surface area contributed by atoms with Crippen LogP contribution in [0.4, 0.5) is 5.82 Å². The molecule has 0 unspecified atom stereocenters. The van der Waals surface area contributed by atoms with Gasteiger partial charge in [-0.3, -0.25) is 0 Å². The van der Waals surface area contributed by atoms with E-state index in [0.29, 0.717) is 17.7 Å². The molecule has 1 aromatic rings. The van der Waals surface area contributed by atoms with E-state index in [1.54, 1.807) is 6.07 Å². The lowest BCUT2D eigenvalue weighted by Gasteiger charge is -2.32. The Kier molecular flexibility index (Phi) is 6.21. The van der Waals surface area contributed by atoms with Crippen LogP contribution < -0.4 is 4.90 Å². The highest BCUT2D eigenvalue weighted by Crippen LogP contribution is 2.26. The lowest BCUT2D eigenvalue weighted by atomic mass is 9.96. The van der Waals surface area contributed by atoms with Gasteiger partial charge in [-0.2, -0.15) is 0 Å². The molecule has 0 aliphatic carbocycles. The normalized spacial score (nSPS) is 12.0. The van der Waals surface area contributed by atoms with Gasteiger partial charge in [0.15, 0.2) is 0 Å². The summed E-state index contributed by atoms with van der Waals surface area (Å²) in [5, 5.41) is 9.77. The van der Waals surface area contributed by atoms with Crippen molar-refractivity contribution in [1.82, 2.24) is 9.97 Å². The third-order valence-electron chi connectivity index (χ3n) is 3.37. The fourth-order valence-corrected chi connectivity index (χ4v) is 2.39. The molecule has 0 saturated heterocycles. The molecule has 4 nitrogen and oxygen atoms in total. The van der Waals surface area contributed by atoms with Crippen LogP contribution >= 0.6 is 11.6 Å². The van der Waals surface area contributed by atoms with Gasteiger partial charge in [0.05, 0.1) is 6.61 Å². The van der Waals surface area contributed by atoms with E-state index in [2.05, 4.69) is 49.5 Å². The van der Waals surface area contributed by atoms with Crippen LogP contribution in [0.25, 0.3) is 0 Å². The minimum absolute atomic E-state index is 0.100. The van der Waals surface area contributed by atoms with Crippen molar-refractivity contribution in [3.63, 3.8) is 0 Å². The summed E-state index contributed by atoms with van der Waals surface area (Å²) < 4.78 is 0. The Balaban J connectivity index is 3.22. The van der Waals surface area contributed by atoms with Crippen molar-refractivity contribution >= 4 is 17.4 Å². The van der Waals surface area contributed by atoms with E-state index in [1.165, 1.54) is 0 Å². The van der Waals surface area contributed by atoms with Gasteiger partial charge >= 0.3 is 0 Å². The molecule has 0 bridgehead atoms. The molecule has 1 heterocycles. The molecule has 1 N–H and O–H groups in total. The first-order valence-corrected chi connectivity index (χ1v) is 7.63. The van der Waals surface area contributed by atoms with Crippen LogP contribution in [-0.2, 0) is 5.41 Å². The highest BCUT2D eigenvalue weighted by atomic mass is 35.5. The molecule has 0 aliphatic heterocycles. The lowest BCUT2D eigenvalue weighted by molar-refractivity contribution is 0.295. The van der Waals surface area contributed by atoms with Crippen LogP contribution in [-0.4, -0.2) is 34.3 Å². The fourth-order valence-electron chi connectivity index (χ4n) is 2.21. The SMILES string of the molecule is CCC(CC)N(CCO)c1cc(Cl)nc(C(C)(C)C)n1. The first-order valence-electron chi connectivity index (χ1n) is 7.26. The summed E-state index contributed by atoms with van der Waals surface area (Å²) in [4.78, 5) is 11.1. The molecule has 5 heteroatoms. The third-order valence-corrected chi connectivity index (χ3v) is 3.56. The molecule has 114 valence electrons. The maximum atomic E-state index is 9.32. The zero-order valence-corrected chi connectivity index (χ0v) is 13.9. The molecular formula is C15H26ClN3O. The average molecular weight is 300 g/mol. The number of anilines is 1. The van der Waals surface area contributed by atoms with Crippen LogP contribution in [0.5, 0.6) is 0 Å². The van der Waals surface area contributed by atoms with Crippen LogP contribution in [0.15, 0.2) is 6.07 Å². The topological polar surface area (TPSA) is 49.2 Å². The highest BCUT2D eigenvalue weighted by molar-refractivity contribution is 6.29. The van der Waals surface area contributed by atoms with Gasteiger partial charge in [-0.1, -0.05) is 46.2 Å². The van der Waals surface area contributed by atoms with Crippen molar-refractivity contribution < 1.29 is 5.11 Å². The Hall–Kier alpha value is -0.870. The average Bonchev–Trinajstić information content (AvgIpc) is 2.37. The first kappa shape index (κ1) is 17.2. The van der Waals surface area contributed by atoms with Crippen molar-refractivity contribution in [2.75, 3.05) is 18.1 Å². The van der Waals surface area contributed by atoms with E-state index in [9.17, 15) is 5.11 Å². The smallest absolute Gasteiger partial charge is 0.137 e. The van der Waals surface area contributed by atoms with Crippen LogP contribution in [0.3, 0.4) is 0 Å². The standard InChI is InChI=1S/C15H26ClN3O/c1-6-11(7-2)19(8-9-20)13-10-12(16)17-14(18-13)15(3,4)5/h10-11,20H,6-9H2,1-5H3. The van der Waals surface area contributed by atoms with E-state index >= 15 is 0 Å². The maximum absolute atomic E-state index is 9.32. The summed E-state index contributed by atoms with van der Waals surface area (Å²) in [5.74, 6) is 1.53. The molecule has 0 saturated carbocycles. The Bertz CT molecular complexity index is 428. The number of rotatable bonds is 6. The first-order chi connectivity index (χ1) is 9.33. The van der Waals surface area contributed by atoms with E-state index in [1.807, 2.05) is 0 Å². The van der Waals surface area contributed by atoms with Gasteiger partial charge in [0.2, 0.25) is 0 Å². The minimum Gasteiger partial charge on any atom is -0.395 e. The van der Waals surface area contributed by atoms with Crippen LogP contribution in [0.1, 0.15) is 53.3 Å². The highest BCUT2D eigenvalue weighted by Gasteiger charge is 2.22. The Morgan fingerprint density at radius 3 is 2.30 bits per heavy atom. The molecule has 0 aliphatic rings. The van der Waals surface area contributed by atoms with E-state index in [4.69, 9.17) is 11.6 Å². The van der Waals surface area contributed by atoms with Gasteiger partial charge in [-0.05, 0) is 12.8 Å². The summed E-state index contributed by atoms with van der Waals surface area (Å²) in [6.07, 6.45) is 2.01. The summed E-state index contributed by atoms with van der Waals surface area (Å²) in [6, 6.07) is 2.13. The van der Waals surface area contributed by atoms with E-state index in [0.717, 1.165) is 24.5 Å². The lowest BCUT2D eigenvalue weighted by Crippen LogP contribution is -2.38. The van der Waals surface area contributed by atoms with Crippen LogP contribution in [0, 0.1) is 0 Å². The van der Waals surface area contributed by atoms with Gasteiger partial charge < -0.3 is 10.0 Å². The van der Waals surface area contributed by atoms with Crippen molar-refractivity contribution in [3.8, 4) is 0 Å². The van der Waals surface area contributed by atoms with E-state index < -0.39 is 0 Å². The number of aliphatic hydroxyl groups excluding tert-OH is 1. The molecule has 0 fully saturated rings. The minimum atomic E-state index is -0.154. The fraction of sp³-hybridized carbons (Fsp3) is 0.733. The number of halogens is 1. The largest absolute Gasteiger partial charge is 0.395 e. The van der Waals surface area contributed by atoms with Crippen molar-refractivity contribution in [3.05, 3.63) is 17.0 Å². The molecule has 0 aromatic carbocycles. The number of aliphatic hydroxyl groups is 1. The number of nitrogens with zero attached hydrogens (tertiary/aromatic N) is 3. The molecule has 0 atom stereocenters. The van der Waals surface area contributed by atoms with Gasteiger partial charge in [-0.15, -0.1) is 0 Å². The van der Waals surface area contributed by atoms with Gasteiger partial charge in [0, 0.05) is 24.1 Å². The molecule has 20 heavy (non-hydrogen) atoms. The zero-order chi connectivity index (χ0) is 15.3. The molecule has 0 spiro atoms. The molecule has 0 amide bonds. The molecular weight excluding hydrogens is 274 g/mol. The van der Waals surface area contributed by atoms with Gasteiger partial charge in [0.1, 0.15) is 16.8 Å². The van der Waals surface area contributed by atoms with Crippen molar-refractivity contribution in [2.45, 2.75) is 58.9 Å². The van der Waals surface area contributed by atoms with Gasteiger partial charge in [0.25, 0.3) is 0 Å². The number of aromatic nitrogens is 2. The second-order valence-corrected chi connectivity index (χ2v) is 6.40. The van der Waals surface area contributed by atoms with E-state index in [-0.39, 0.29) is 12.0 Å². The zero-order valence-electron chi connectivity index (χ0n) is 13.1. The summed E-state index contributed by atoms with van der Waals surface area (Å²) >= 11 is 6.15. The maximum Gasteiger partial charge on any atom is 0.137 e. The number of hydrogen-bond acceptors (Lipinski definition) is 4. The molecule has 0 radical (unpaired) electrons. The summed E-state index contributed by atoms with van der Waals surface area (Å²) in [5.41, 5.74) is -0.154. The van der Waals surface area contributed by atoms with Crippen LogP contribution in [0.2, 0.25) is 5.15 Å². The predicted molar refractivity (Wildman–Crippen MR) is 84.5 cm³/mol. The summed E-state index contributed by atoms with van der Waals surface area (Å²) in [7, 11) is 0. The monoisotopic (exact) mass is 299 g/mol. The van der Waals surface area contributed by atoms with Gasteiger partial charge in [-0.25, -0.2) is 9.97 Å². The molecule has 1 aromatic heterocycles. The third kappa shape index (κ3) is 4.32. The molecule has 1 rings (SSSR count). The van der Waals surface area contributed by atoms with Crippen molar-refractivity contribution in [1.29, 1.82) is 0 Å². The second-order valence-electron chi connectivity index (χ2n) is 6.01. The number of hydrogen-bond donors (Lipinski definition) is 1. The predicted octanol–water partition coefficient (Wildman–Crippen LogP) is 3.41. The Morgan fingerprint density at radius 2 is 1.85 bits per heavy atom. The Labute approximate surface area is 127 Å². The quantitative estimate of drug-likeness (QED) is 0.818. The van der Waals surface area contributed by atoms with Crippen molar-refractivity contribution in [2.24, 2.45) is 0 Å². The second kappa shape index (κ2) is 7.23.